The number of hydrogen-bond donors (Lipinski definition) is 1. The molecule has 1 fully saturated rings. The van der Waals surface area contributed by atoms with E-state index in [2.05, 4.69) is 15.3 Å². The summed E-state index contributed by atoms with van der Waals surface area (Å²) in [4.78, 5) is 1.75. The number of ether oxygens (including phenoxy) is 2. The SMILES string of the molecule is OCC1CN(c2ccc3nnc(-c4ccc5c(c4)OCO5)n3n2)CCC1(F)F. The highest BCUT2D eigenvalue weighted by atomic mass is 19.3. The van der Waals surface area contributed by atoms with Gasteiger partial charge in [0.25, 0.3) is 5.92 Å². The number of aliphatic hydroxyl groups excluding tert-OH is 1. The Bertz CT molecular complexity index is 1040. The Morgan fingerprint density at radius 2 is 2.00 bits per heavy atom. The summed E-state index contributed by atoms with van der Waals surface area (Å²) in [5.41, 5.74) is 1.29. The van der Waals surface area contributed by atoms with Gasteiger partial charge in [-0.25, -0.2) is 8.78 Å². The van der Waals surface area contributed by atoms with Crippen molar-refractivity contribution in [1.82, 2.24) is 19.8 Å². The fourth-order valence-electron chi connectivity index (χ4n) is 3.54. The monoisotopic (exact) mass is 389 g/mol. The lowest BCUT2D eigenvalue weighted by Crippen LogP contribution is -2.49. The van der Waals surface area contributed by atoms with E-state index in [1.807, 2.05) is 6.07 Å². The standard InChI is InChI=1S/C18H17F2N5O3/c19-18(20)5-6-24(8-12(18)9-26)16-4-3-15-21-22-17(25(15)23-16)11-1-2-13-14(7-11)28-10-27-13/h1-4,7,12,26H,5-6,8-10H2. The van der Waals surface area contributed by atoms with Crippen molar-refractivity contribution in [3.63, 3.8) is 0 Å². The number of nitrogens with zero attached hydrogens (tertiary/aromatic N) is 5. The molecule has 1 aromatic carbocycles. The van der Waals surface area contributed by atoms with E-state index in [1.165, 1.54) is 0 Å². The Hall–Kier alpha value is -3.01. The van der Waals surface area contributed by atoms with E-state index in [1.54, 1.807) is 33.7 Å². The van der Waals surface area contributed by atoms with Crippen LogP contribution in [0.4, 0.5) is 14.6 Å². The molecule has 0 aliphatic carbocycles. The zero-order valence-electron chi connectivity index (χ0n) is 14.8. The van der Waals surface area contributed by atoms with E-state index < -0.39 is 18.4 Å². The van der Waals surface area contributed by atoms with E-state index in [9.17, 15) is 13.9 Å². The summed E-state index contributed by atoms with van der Waals surface area (Å²) in [6.45, 7) is -0.207. The second kappa shape index (κ2) is 6.26. The van der Waals surface area contributed by atoms with Crippen molar-refractivity contribution in [2.24, 2.45) is 5.92 Å². The van der Waals surface area contributed by atoms with Crippen LogP contribution in [0.15, 0.2) is 30.3 Å². The average Bonchev–Trinajstić information content (AvgIpc) is 3.33. The molecule has 0 bridgehead atoms. The predicted octanol–water partition coefficient (Wildman–Crippen LogP) is 1.97. The third-order valence-corrected chi connectivity index (χ3v) is 5.18. The molecular weight excluding hydrogens is 372 g/mol. The van der Waals surface area contributed by atoms with Gasteiger partial charge < -0.3 is 19.5 Å². The molecule has 0 radical (unpaired) electrons. The third-order valence-electron chi connectivity index (χ3n) is 5.18. The fourth-order valence-corrected chi connectivity index (χ4v) is 3.54. The summed E-state index contributed by atoms with van der Waals surface area (Å²) in [7, 11) is 0. The van der Waals surface area contributed by atoms with E-state index >= 15 is 0 Å². The van der Waals surface area contributed by atoms with Crippen molar-refractivity contribution in [2.45, 2.75) is 12.3 Å². The number of anilines is 1. The molecule has 1 N–H and O–H groups in total. The number of rotatable bonds is 3. The Morgan fingerprint density at radius 1 is 1.14 bits per heavy atom. The predicted molar refractivity (Wildman–Crippen MR) is 94.7 cm³/mol. The highest BCUT2D eigenvalue weighted by Gasteiger charge is 2.44. The molecule has 2 aromatic heterocycles. The van der Waals surface area contributed by atoms with Crippen molar-refractivity contribution in [1.29, 1.82) is 0 Å². The maximum atomic E-state index is 13.9. The van der Waals surface area contributed by atoms with E-state index in [0.717, 1.165) is 5.56 Å². The highest BCUT2D eigenvalue weighted by Crippen LogP contribution is 2.36. The summed E-state index contributed by atoms with van der Waals surface area (Å²) in [5.74, 6) is -1.67. The minimum Gasteiger partial charge on any atom is -0.454 e. The lowest BCUT2D eigenvalue weighted by molar-refractivity contribution is -0.0881. The van der Waals surface area contributed by atoms with Gasteiger partial charge in [-0.15, -0.1) is 15.3 Å². The number of aromatic nitrogens is 4. The van der Waals surface area contributed by atoms with Crippen molar-refractivity contribution >= 4 is 11.5 Å². The van der Waals surface area contributed by atoms with Gasteiger partial charge in [0.05, 0.1) is 12.5 Å². The van der Waals surface area contributed by atoms with Crippen LogP contribution >= 0.6 is 0 Å². The molecule has 8 nitrogen and oxygen atoms in total. The van der Waals surface area contributed by atoms with Crippen LogP contribution in [-0.4, -0.2) is 57.3 Å². The molecule has 1 saturated heterocycles. The normalized spacial score (nSPS) is 20.7. The zero-order chi connectivity index (χ0) is 19.3. The first-order valence-corrected chi connectivity index (χ1v) is 8.91. The van der Waals surface area contributed by atoms with Crippen LogP contribution in [0.3, 0.4) is 0 Å². The first kappa shape index (κ1) is 17.1. The number of hydrogen-bond acceptors (Lipinski definition) is 7. The second-order valence-electron chi connectivity index (χ2n) is 6.89. The molecule has 146 valence electrons. The molecule has 10 heteroatoms. The van der Waals surface area contributed by atoms with E-state index in [-0.39, 0.29) is 26.3 Å². The fraction of sp³-hybridized carbons (Fsp3) is 0.389. The summed E-state index contributed by atoms with van der Waals surface area (Å²) in [5, 5.41) is 22.2. The van der Waals surface area contributed by atoms with Crippen LogP contribution in [0.2, 0.25) is 0 Å². The lowest BCUT2D eigenvalue weighted by Gasteiger charge is -2.38. The molecule has 3 aromatic rings. The number of aliphatic hydroxyl groups is 1. The molecule has 2 aliphatic heterocycles. The van der Waals surface area contributed by atoms with Gasteiger partial charge in [-0.3, -0.25) is 0 Å². The first-order valence-electron chi connectivity index (χ1n) is 8.91. The average molecular weight is 389 g/mol. The second-order valence-corrected chi connectivity index (χ2v) is 6.89. The molecule has 2 aliphatic rings. The number of benzene rings is 1. The van der Waals surface area contributed by atoms with Gasteiger partial charge in [0, 0.05) is 25.1 Å². The summed E-state index contributed by atoms with van der Waals surface area (Å²) >= 11 is 0. The summed E-state index contributed by atoms with van der Waals surface area (Å²) < 4.78 is 40.1. The lowest BCUT2D eigenvalue weighted by atomic mass is 9.94. The summed E-state index contributed by atoms with van der Waals surface area (Å²) in [6, 6.07) is 8.90. The van der Waals surface area contributed by atoms with Crippen LogP contribution in [0.5, 0.6) is 11.5 Å². The van der Waals surface area contributed by atoms with Gasteiger partial charge in [-0.1, -0.05) is 0 Å². The molecule has 28 heavy (non-hydrogen) atoms. The molecular formula is C18H17F2N5O3. The Kier molecular flexibility index (Phi) is 3.83. The van der Waals surface area contributed by atoms with Gasteiger partial charge in [0.15, 0.2) is 23.0 Å². The van der Waals surface area contributed by atoms with E-state index in [0.29, 0.717) is 28.8 Å². The Labute approximate surface area is 158 Å². The van der Waals surface area contributed by atoms with Crippen molar-refractivity contribution in [3.8, 4) is 22.9 Å². The molecule has 1 unspecified atom stereocenters. The molecule has 1 atom stereocenters. The van der Waals surface area contributed by atoms with Gasteiger partial charge >= 0.3 is 0 Å². The highest BCUT2D eigenvalue weighted by molar-refractivity contribution is 5.64. The third kappa shape index (κ3) is 2.71. The Balaban J connectivity index is 1.51. The van der Waals surface area contributed by atoms with Crippen LogP contribution in [0.1, 0.15) is 6.42 Å². The maximum Gasteiger partial charge on any atom is 0.256 e. The number of piperidine rings is 1. The van der Waals surface area contributed by atoms with Gasteiger partial charge in [-0.05, 0) is 30.3 Å². The first-order chi connectivity index (χ1) is 13.5. The van der Waals surface area contributed by atoms with Crippen LogP contribution in [0.25, 0.3) is 17.0 Å². The molecule has 0 saturated carbocycles. The van der Waals surface area contributed by atoms with Gasteiger partial charge in [0.1, 0.15) is 5.82 Å². The maximum absolute atomic E-state index is 13.9. The zero-order valence-corrected chi connectivity index (χ0v) is 14.8. The topological polar surface area (TPSA) is 85.0 Å². The van der Waals surface area contributed by atoms with Crippen molar-refractivity contribution in [3.05, 3.63) is 30.3 Å². The minimum atomic E-state index is -2.87. The Morgan fingerprint density at radius 3 is 2.86 bits per heavy atom. The van der Waals surface area contributed by atoms with E-state index in [4.69, 9.17) is 9.47 Å². The molecule has 0 amide bonds. The smallest absolute Gasteiger partial charge is 0.256 e. The number of fused-ring (bicyclic) bond motifs is 2. The summed E-state index contributed by atoms with van der Waals surface area (Å²) in [6.07, 6.45) is -0.324. The molecule has 5 rings (SSSR count). The van der Waals surface area contributed by atoms with Crippen molar-refractivity contribution < 1.29 is 23.4 Å². The van der Waals surface area contributed by atoms with Crippen molar-refractivity contribution in [2.75, 3.05) is 31.4 Å². The van der Waals surface area contributed by atoms with Crippen LogP contribution < -0.4 is 14.4 Å². The van der Waals surface area contributed by atoms with Crippen LogP contribution in [0, 0.1) is 5.92 Å². The number of alkyl halides is 2. The quantitative estimate of drug-likeness (QED) is 0.733. The van der Waals surface area contributed by atoms with Gasteiger partial charge in [0.2, 0.25) is 6.79 Å². The molecule has 0 spiro atoms. The number of halogens is 2. The van der Waals surface area contributed by atoms with Crippen LogP contribution in [-0.2, 0) is 0 Å². The minimum absolute atomic E-state index is 0.0312. The van der Waals surface area contributed by atoms with Gasteiger partial charge in [-0.2, -0.15) is 4.52 Å². The molecule has 4 heterocycles. The largest absolute Gasteiger partial charge is 0.454 e.